The molecule has 2 N–H and O–H groups in total. The van der Waals surface area contributed by atoms with Gasteiger partial charge in [-0.3, -0.25) is 19.1 Å². The summed E-state index contributed by atoms with van der Waals surface area (Å²) in [7, 11) is 0. The summed E-state index contributed by atoms with van der Waals surface area (Å²) in [5.41, 5.74) is -3.81. The van der Waals surface area contributed by atoms with E-state index in [2.05, 4.69) is 10.2 Å². The molecule has 0 spiro atoms. The molecule has 29 heavy (non-hydrogen) atoms. The maximum Gasteiger partial charge on any atom is 0.332 e. The molecule has 1 unspecified atom stereocenters. The van der Waals surface area contributed by atoms with Crippen molar-refractivity contribution in [3.63, 3.8) is 0 Å². The number of H-pyrrole nitrogens is 2. The van der Waals surface area contributed by atoms with E-state index in [1.165, 1.54) is 6.92 Å². The second kappa shape index (κ2) is 7.95. The normalized spacial score (nSPS) is 14.6. The van der Waals surface area contributed by atoms with Crippen LogP contribution in [-0.4, -0.2) is 19.7 Å². The number of hydrogen-bond donors (Lipinski definition) is 2. The third kappa shape index (κ3) is 4.08. The highest BCUT2D eigenvalue weighted by molar-refractivity contribution is 6.37. The van der Waals surface area contributed by atoms with Crippen molar-refractivity contribution in [3.8, 4) is 23.4 Å². The van der Waals surface area contributed by atoms with Gasteiger partial charge >= 0.3 is 5.69 Å². The van der Waals surface area contributed by atoms with Gasteiger partial charge in [-0.05, 0) is 18.0 Å². The van der Waals surface area contributed by atoms with Crippen molar-refractivity contribution in [2.24, 2.45) is 0 Å². The molecule has 0 aliphatic heterocycles. The first-order valence-electron chi connectivity index (χ1n) is 10.3. The number of aromatic amines is 2. The highest BCUT2D eigenvalue weighted by Crippen LogP contribution is 2.37. The smallest absolute Gasteiger partial charge is 0.332 e. The van der Waals surface area contributed by atoms with Gasteiger partial charge in [-0.2, -0.15) is 5.26 Å². The SMILES string of the molecule is [2H]c1c(Cl)c(Oc2cc(C(C)C([2H])([2H])[2H])c(=O)[nH]n2)c(Cl)c([2H])c1-n1cc(C#N)c(=O)[nH]c1=O. The number of benzene rings is 1. The lowest BCUT2D eigenvalue weighted by Gasteiger charge is -2.13. The van der Waals surface area contributed by atoms with Crippen molar-refractivity contribution < 1.29 is 11.6 Å². The summed E-state index contributed by atoms with van der Waals surface area (Å²) >= 11 is 12.4. The fourth-order valence-corrected chi connectivity index (χ4v) is 2.75. The van der Waals surface area contributed by atoms with E-state index in [0.717, 1.165) is 12.3 Å². The molecular formula is C18H13Cl2N5O4. The molecule has 0 aliphatic carbocycles. The Morgan fingerprint density at radius 2 is 2.00 bits per heavy atom. The Hall–Kier alpha value is -3.35. The van der Waals surface area contributed by atoms with Crippen LogP contribution in [0.4, 0.5) is 0 Å². The topological polar surface area (TPSA) is 134 Å². The highest BCUT2D eigenvalue weighted by Gasteiger charge is 2.16. The van der Waals surface area contributed by atoms with Gasteiger partial charge in [0.1, 0.15) is 11.6 Å². The Kier molecular flexibility index (Phi) is 4.01. The zero-order valence-electron chi connectivity index (χ0n) is 19.5. The van der Waals surface area contributed by atoms with Crippen molar-refractivity contribution in [3.05, 3.63) is 76.7 Å². The monoisotopic (exact) mass is 438 g/mol. The number of hydrogen-bond acceptors (Lipinski definition) is 6. The van der Waals surface area contributed by atoms with E-state index in [1.807, 2.05) is 4.98 Å². The molecule has 2 heterocycles. The standard InChI is InChI=1S/C18H13Cl2N5O4/c1-8(2)11-5-14(23-24-17(11)27)29-15-12(19)3-10(4-13(15)20)25-7-9(6-21)16(26)22-18(25)28/h3-5,7-8H,1-2H3,(H,24,27)(H,22,26,28)/i1D3,3D,4D. The van der Waals surface area contributed by atoms with Crippen LogP contribution in [0.15, 0.2) is 38.7 Å². The van der Waals surface area contributed by atoms with Crippen molar-refractivity contribution in [2.45, 2.75) is 19.7 Å². The minimum atomic E-state index is -2.49. The fraction of sp³-hybridized carbons (Fsp3) is 0.167. The molecule has 0 amide bonds. The zero-order chi connectivity index (χ0) is 25.5. The third-order valence-electron chi connectivity index (χ3n) is 3.64. The first kappa shape index (κ1) is 14.6. The van der Waals surface area contributed by atoms with E-state index in [-0.39, 0.29) is 11.4 Å². The average molecular weight is 439 g/mol. The molecular weight excluding hydrogens is 421 g/mol. The molecule has 3 aromatic rings. The molecule has 148 valence electrons. The van der Waals surface area contributed by atoms with E-state index >= 15 is 0 Å². The van der Waals surface area contributed by atoms with Gasteiger partial charge in [0.05, 0.1) is 18.5 Å². The average Bonchev–Trinajstić information content (AvgIpc) is 2.76. The van der Waals surface area contributed by atoms with Crippen LogP contribution < -0.4 is 21.5 Å². The number of nitriles is 1. The predicted octanol–water partition coefficient (Wildman–Crippen LogP) is 2.70. The highest BCUT2D eigenvalue weighted by atomic mass is 35.5. The Morgan fingerprint density at radius 3 is 2.62 bits per heavy atom. The van der Waals surface area contributed by atoms with E-state index < -0.39 is 68.7 Å². The summed E-state index contributed by atoms with van der Waals surface area (Å²) in [6.07, 6.45) is 0.839. The predicted molar refractivity (Wildman–Crippen MR) is 106 cm³/mol. The number of halogens is 2. The molecule has 1 atom stereocenters. The molecule has 11 heteroatoms. The van der Waals surface area contributed by atoms with Crippen LogP contribution in [0.2, 0.25) is 10.0 Å². The van der Waals surface area contributed by atoms with Crippen LogP contribution >= 0.6 is 23.2 Å². The van der Waals surface area contributed by atoms with Crippen molar-refractivity contribution in [2.75, 3.05) is 0 Å². The number of ether oxygens (including phenoxy) is 1. The Balaban J connectivity index is 2.17. The number of nitrogens with zero attached hydrogens (tertiary/aromatic N) is 3. The summed E-state index contributed by atoms with van der Waals surface area (Å²) in [5.74, 6) is -1.92. The van der Waals surface area contributed by atoms with Crippen LogP contribution in [0.5, 0.6) is 11.6 Å². The lowest BCUT2D eigenvalue weighted by molar-refractivity contribution is 0.452. The van der Waals surface area contributed by atoms with E-state index in [1.54, 1.807) is 6.07 Å². The minimum Gasteiger partial charge on any atom is -0.434 e. The van der Waals surface area contributed by atoms with Crippen LogP contribution in [0, 0.1) is 11.3 Å². The Labute approximate surface area is 180 Å². The van der Waals surface area contributed by atoms with Crippen molar-refractivity contribution >= 4 is 23.2 Å². The number of nitrogens with one attached hydrogen (secondary N) is 2. The van der Waals surface area contributed by atoms with Gasteiger partial charge in [0.2, 0.25) is 5.88 Å². The van der Waals surface area contributed by atoms with Crippen LogP contribution in [0.1, 0.15) is 37.7 Å². The quantitative estimate of drug-likeness (QED) is 0.642. The van der Waals surface area contributed by atoms with Gasteiger partial charge in [-0.15, -0.1) is 5.10 Å². The second-order valence-electron chi connectivity index (χ2n) is 5.65. The van der Waals surface area contributed by atoms with E-state index in [4.69, 9.17) is 40.1 Å². The first-order chi connectivity index (χ1) is 15.8. The number of rotatable bonds is 4. The van der Waals surface area contributed by atoms with E-state index in [0.29, 0.717) is 4.57 Å². The molecule has 0 bridgehead atoms. The molecule has 9 nitrogen and oxygen atoms in total. The van der Waals surface area contributed by atoms with Gasteiger partial charge in [-0.25, -0.2) is 9.89 Å². The van der Waals surface area contributed by atoms with Gasteiger partial charge < -0.3 is 4.74 Å². The molecule has 0 fully saturated rings. The molecule has 0 aliphatic rings. The summed E-state index contributed by atoms with van der Waals surface area (Å²) in [6.45, 7) is -1.17. The summed E-state index contributed by atoms with van der Waals surface area (Å²) in [6, 6.07) is 1.43. The van der Waals surface area contributed by atoms with E-state index in [9.17, 15) is 14.4 Å². The van der Waals surface area contributed by atoms with Gasteiger partial charge in [0.15, 0.2) is 5.75 Å². The van der Waals surface area contributed by atoms with Gasteiger partial charge in [-0.1, -0.05) is 37.0 Å². The molecule has 3 rings (SSSR count). The zero-order valence-corrected chi connectivity index (χ0v) is 16.0. The summed E-state index contributed by atoms with van der Waals surface area (Å²) in [5, 5.41) is 13.9. The maximum atomic E-state index is 12.3. The molecule has 2 aromatic heterocycles. The lowest BCUT2D eigenvalue weighted by atomic mass is 10.1. The molecule has 1 aromatic carbocycles. The maximum absolute atomic E-state index is 12.3. The van der Waals surface area contributed by atoms with Crippen molar-refractivity contribution in [1.82, 2.24) is 19.7 Å². The molecule has 0 radical (unpaired) electrons. The Bertz CT molecular complexity index is 1490. The summed E-state index contributed by atoms with van der Waals surface area (Å²) in [4.78, 5) is 37.8. The van der Waals surface area contributed by atoms with Crippen LogP contribution in [0.25, 0.3) is 5.69 Å². The third-order valence-corrected chi connectivity index (χ3v) is 4.17. The van der Waals surface area contributed by atoms with Crippen molar-refractivity contribution in [1.29, 1.82) is 5.26 Å². The molecule has 0 saturated carbocycles. The Morgan fingerprint density at radius 1 is 1.31 bits per heavy atom. The minimum absolute atomic E-state index is 0.158. The van der Waals surface area contributed by atoms with Gasteiger partial charge in [0.25, 0.3) is 11.1 Å². The summed E-state index contributed by atoms with van der Waals surface area (Å²) < 4.78 is 45.3. The number of aromatic nitrogens is 4. The first-order valence-corrected chi connectivity index (χ1v) is 8.55. The lowest BCUT2D eigenvalue weighted by Crippen LogP contribution is -2.30. The van der Waals surface area contributed by atoms with Gasteiger partial charge in [0, 0.05) is 21.9 Å². The second-order valence-corrected chi connectivity index (χ2v) is 6.41. The van der Waals surface area contributed by atoms with Crippen LogP contribution in [0.3, 0.4) is 0 Å². The molecule has 0 saturated heterocycles. The largest absolute Gasteiger partial charge is 0.434 e. The fourth-order valence-electron chi connectivity index (χ4n) is 2.26. The van der Waals surface area contributed by atoms with Crippen LogP contribution in [-0.2, 0) is 0 Å².